The summed E-state index contributed by atoms with van der Waals surface area (Å²) in [7, 11) is 0. The fraction of sp³-hybridized carbons (Fsp3) is 0.467. The molecule has 1 aliphatic rings. The van der Waals surface area contributed by atoms with Crippen LogP contribution in [0, 0.1) is 6.92 Å². The monoisotopic (exact) mass is 308 g/mol. The van der Waals surface area contributed by atoms with Crippen molar-refractivity contribution in [2.24, 2.45) is 0 Å². The van der Waals surface area contributed by atoms with Crippen LogP contribution < -0.4 is 10.1 Å². The Morgan fingerprint density at radius 1 is 1.33 bits per heavy atom. The average Bonchev–Trinajstić information content (AvgIpc) is 2.74. The predicted octanol–water partition coefficient (Wildman–Crippen LogP) is 2.05. The maximum absolute atomic E-state index is 12.1. The van der Waals surface area contributed by atoms with Crippen molar-refractivity contribution in [3.63, 3.8) is 0 Å². The van der Waals surface area contributed by atoms with Crippen molar-refractivity contribution in [2.45, 2.75) is 19.4 Å². The maximum atomic E-state index is 12.1. The van der Waals surface area contributed by atoms with Gasteiger partial charge in [-0.3, -0.25) is 9.69 Å². The largest absolute Gasteiger partial charge is 0.491 e. The zero-order chi connectivity index (χ0) is 15.2. The number of thioether (sulfide) groups is 1. The molecule has 0 saturated carbocycles. The Kier molecular flexibility index (Phi) is 5.50. The third kappa shape index (κ3) is 3.91. The number of amides is 3. The molecule has 1 fully saturated rings. The maximum Gasteiger partial charge on any atom is 0.324 e. The minimum Gasteiger partial charge on any atom is -0.491 e. The molecule has 0 radical (unpaired) electrons. The van der Waals surface area contributed by atoms with Gasteiger partial charge in [-0.1, -0.05) is 18.2 Å². The third-order valence-electron chi connectivity index (χ3n) is 3.38. The minimum atomic E-state index is -0.386. The van der Waals surface area contributed by atoms with Gasteiger partial charge in [0, 0.05) is 0 Å². The molecule has 1 aromatic carbocycles. The first-order chi connectivity index (χ1) is 10.1. The van der Waals surface area contributed by atoms with Gasteiger partial charge >= 0.3 is 6.03 Å². The molecule has 1 atom stereocenters. The molecular weight excluding hydrogens is 288 g/mol. The Bertz CT molecular complexity index is 521. The summed E-state index contributed by atoms with van der Waals surface area (Å²) in [6.45, 7) is 2.54. The normalized spacial score (nSPS) is 18.0. The van der Waals surface area contributed by atoms with E-state index in [4.69, 9.17) is 4.74 Å². The zero-order valence-electron chi connectivity index (χ0n) is 12.3. The second-order valence-electron chi connectivity index (χ2n) is 4.89. The lowest BCUT2D eigenvalue weighted by Gasteiger charge is -2.14. The average molecular weight is 308 g/mol. The molecule has 2 rings (SSSR count). The van der Waals surface area contributed by atoms with Gasteiger partial charge in [-0.25, -0.2) is 4.79 Å². The number of benzene rings is 1. The molecule has 1 N–H and O–H groups in total. The number of hydrogen-bond acceptors (Lipinski definition) is 4. The Morgan fingerprint density at radius 2 is 2.10 bits per heavy atom. The lowest BCUT2D eigenvalue weighted by atomic mass is 10.2. The van der Waals surface area contributed by atoms with Gasteiger partial charge in [-0.05, 0) is 37.0 Å². The number of hydrogen-bond donors (Lipinski definition) is 1. The number of carbonyl (C=O) groups excluding carboxylic acids is 2. The smallest absolute Gasteiger partial charge is 0.324 e. The Morgan fingerprint density at radius 3 is 2.81 bits per heavy atom. The van der Waals surface area contributed by atoms with Gasteiger partial charge in [0.05, 0.1) is 6.54 Å². The van der Waals surface area contributed by atoms with E-state index in [1.54, 1.807) is 11.8 Å². The molecule has 0 spiro atoms. The highest BCUT2D eigenvalue weighted by molar-refractivity contribution is 7.98. The molecule has 0 aromatic heterocycles. The van der Waals surface area contributed by atoms with Crippen molar-refractivity contribution in [3.8, 4) is 5.75 Å². The van der Waals surface area contributed by atoms with Gasteiger partial charge in [-0.15, -0.1) is 0 Å². The Labute approximate surface area is 129 Å². The highest BCUT2D eigenvalue weighted by atomic mass is 32.2. The second-order valence-corrected chi connectivity index (χ2v) is 5.87. The molecule has 1 aliphatic heterocycles. The summed E-state index contributed by atoms with van der Waals surface area (Å²) >= 11 is 1.66. The number of imide groups is 1. The number of aryl methyl sites for hydroxylation is 1. The van der Waals surface area contributed by atoms with Gasteiger partial charge in [-0.2, -0.15) is 11.8 Å². The first-order valence-electron chi connectivity index (χ1n) is 6.92. The van der Waals surface area contributed by atoms with Crippen LogP contribution >= 0.6 is 11.8 Å². The topological polar surface area (TPSA) is 58.6 Å². The van der Waals surface area contributed by atoms with Gasteiger partial charge in [0.1, 0.15) is 18.4 Å². The highest BCUT2D eigenvalue weighted by Gasteiger charge is 2.37. The van der Waals surface area contributed by atoms with E-state index >= 15 is 0 Å². The van der Waals surface area contributed by atoms with Crippen molar-refractivity contribution in [2.75, 3.05) is 25.2 Å². The van der Waals surface area contributed by atoms with Gasteiger partial charge in [0.25, 0.3) is 5.91 Å². The molecule has 1 saturated heterocycles. The Hall–Kier alpha value is -1.69. The molecular formula is C15H20N2O3S. The number of carbonyl (C=O) groups is 2. The molecule has 1 heterocycles. The highest BCUT2D eigenvalue weighted by Crippen LogP contribution is 2.16. The fourth-order valence-corrected chi connectivity index (χ4v) is 2.66. The number of urea groups is 1. The van der Waals surface area contributed by atoms with Crippen LogP contribution in [0.3, 0.4) is 0 Å². The van der Waals surface area contributed by atoms with Gasteiger partial charge in [0.2, 0.25) is 0 Å². The molecule has 114 valence electrons. The summed E-state index contributed by atoms with van der Waals surface area (Å²) in [6.07, 6.45) is 2.65. The first-order valence-corrected chi connectivity index (χ1v) is 8.32. The SMILES string of the molecule is CSCCC1NC(=O)N(CCOc2ccccc2C)C1=O. The number of nitrogens with one attached hydrogen (secondary N) is 1. The minimum absolute atomic E-state index is 0.151. The van der Waals surface area contributed by atoms with E-state index < -0.39 is 0 Å². The molecule has 1 aromatic rings. The van der Waals surface area contributed by atoms with Crippen LogP contribution in [0.15, 0.2) is 24.3 Å². The molecule has 5 nitrogen and oxygen atoms in total. The molecule has 0 bridgehead atoms. The van der Waals surface area contributed by atoms with Crippen LogP contribution in [0.2, 0.25) is 0 Å². The lowest BCUT2D eigenvalue weighted by Crippen LogP contribution is -2.35. The molecule has 3 amide bonds. The van der Waals surface area contributed by atoms with Crippen molar-refractivity contribution in [1.29, 1.82) is 0 Å². The summed E-state index contributed by atoms with van der Waals surface area (Å²) in [6, 6.07) is 6.97. The van der Waals surface area contributed by atoms with E-state index in [1.165, 1.54) is 4.90 Å². The standard InChI is InChI=1S/C15H20N2O3S/c1-11-5-3-4-6-13(11)20-9-8-17-14(18)12(7-10-21-2)16-15(17)19/h3-6,12H,7-10H2,1-2H3,(H,16,19). The van der Waals surface area contributed by atoms with Gasteiger partial charge < -0.3 is 10.1 Å². The fourth-order valence-electron chi connectivity index (χ4n) is 2.19. The predicted molar refractivity (Wildman–Crippen MR) is 83.7 cm³/mol. The van der Waals surface area contributed by atoms with E-state index in [0.29, 0.717) is 13.0 Å². The van der Waals surface area contributed by atoms with E-state index in [2.05, 4.69) is 5.32 Å². The van der Waals surface area contributed by atoms with Crippen LogP contribution in [-0.2, 0) is 4.79 Å². The lowest BCUT2D eigenvalue weighted by molar-refractivity contribution is -0.127. The van der Waals surface area contributed by atoms with Crippen LogP contribution in [0.4, 0.5) is 4.79 Å². The van der Waals surface area contributed by atoms with Crippen LogP contribution in [0.1, 0.15) is 12.0 Å². The van der Waals surface area contributed by atoms with Crippen molar-refractivity contribution < 1.29 is 14.3 Å². The van der Waals surface area contributed by atoms with E-state index in [-0.39, 0.29) is 24.5 Å². The van der Waals surface area contributed by atoms with Crippen molar-refractivity contribution >= 4 is 23.7 Å². The number of ether oxygens (including phenoxy) is 1. The number of rotatable bonds is 7. The summed E-state index contributed by atoms with van der Waals surface area (Å²) in [4.78, 5) is 25.1. The molecule has 21 heavy (non-hydrogen) atoms. The van der Waals surface area contributed by atoms with E-state index in [0.717, 1.165) is 17.1 Å². The summed E-state index contributed by atoms with van der Waals surface area (Å²) in [5.74, 6) is 1.48. The molecule has 1 unspecified atom stereocenters. The van der Waals surface area contributed by atoms with Crippen LogP contribution in [0.5, 0.6) is 5.75 Å². The number of nitrogens with zero attached hydrogens (tertiary/aromatic N) is 1. The zero-order valence-corrected chi connectivity index (χ0v) is 13.1. The third-order valence-corrected chi connectivity index (χ3v) is 4.03. The van der Waals surface area contributed by atoms with Crippen molar-refractivity contribution in [1.82, 2.24) is 10.2 Å². The van der Waals surface area contributed by atoms with Crippen LogP contribution in [0.25, 0.3) is 0 Å². The summed E-state index contributed by atoms with van der Waals surface area (Å²) < 4.78 is 5.63. The van der Waals surface area contributed by atoms with E-state index in [1.807, 2.05) is 37.4 Å². The molecule has 0 aliphatic carbocycles. The van der Waals surface area contributed by atoms with Gasteiger partial charge in [0.15, 0.2) is 0 Å². The summed E-state index contributed by atoms with van der Waals surface area (Å²) in [5.41, 5.74) is 1.03. The Balaban J connectivity index is 1.84. The van der Waals surface area contributed by atoms with Crippen LogP contribution in [-0.4, -0.2) is 48.0 Å². The van der Waals surface area contributed by atoms with Crippen molar-refractivity contribution in [3.05, 3.63) is 29.8 Å². The first kappa shape index (κ1) is 15.7. The quantitative estimate of drug-likeness (QED) is 0.783. The second kappa shape index (κ2) is 7.36. The molecule has 6 heteroatoms. The van der Waals surface area contributed by atoms with E-state index in [9.17, 15) is 9.59 Å². The summed E-state index contributed by atoms with van der Waals surface area (Å²) in [5, 5.41) is 2.72. The number of para-hydroxylation sites is 1.